The number of hydrogen-bond donors (Lipinski definition) is 1. The lowest BCUT2D eigenvalue weighted by Crippen LogP contribution is -2.52. The number of pyridine rings is 1. The number of fused-ring (bicyclic) bond motifs is 1. The Morgan fingerprint density at radius 1 is 0.938 bits per heavy atom. The molecule has 0 bridgehead atoms. The average Bonchev–Trinajstić information content (AvgIpc) is 3.13. The lowest BCUT2D eigenvalue weighted by atomic mass is 9.66. The highest BCUT2D eigenvalue weighted by atomic mass is 19.1. The zero-order valence-electron chi connectivity index (χ0n) is 17.4. The summed E-state index contributed by atoms with van der Waals surface area (Å²) >= 11 is 0. The van der Waals surface area contributed by atoms with Crippen LogP contribution in [0.4, 0.5) is 8.78 Å². The van der Waals surface area contributed by atoms with Crippen LogP contribution in [0.1, 0.15) is 28.7 Å². The third kappa shape index (κ3) is 2.76. The van der Waals surface area contributed by atoms with E-state index in [0.717, 1.165) is 22.9 Å². The van der Waals surface area contributed by atoms with Crippen LogP contribution < -0.4 is 5.73 Å². The number of halogens is 2. The monoisotopic (exact) mass is 429 g/mol. The Balaban J connectivity index is 1.78. The minimum absolute atomic E-state index is 0.258. The highest BCUT2D eigenvalue weighted by molar-refractivity contribution is 6.03. The minimum Gasteiger partial charge on any atom is -0.383 e. The Labute approximate surface area is 184 Å². The van der Waals surface area contributed by atoms with E-state index < -0.39 is 17.0 Å². The van der Waals surface area contributed by atoms with Crippen LogP contribution in [0.3, 0.4) is 0 Å². The van der Waals surface area contributed by atoms with E-state index in [4.69, 9.17) is 15.5 Å². The number of hydrogen-bond acceptors (Lipinski definition) is 4. The molecule has 4 nitrogen and oxygen atoms in total. The minimum atomic E-state index is -1.32. The van der Waals surface area contributed by atoms with Crippen molar-refractivity contribution in [2.75, 3.05) is 7.11 Å². The van der Waals surface area contributed by atoms with Crippen LogP contribution in [0, 0.1) is 11.6 Å². The van der Waals surface area contributed by atoms with Gasteiger partial charge in [-0.2, -0.15) is 0 Å². The molecule has 0 spiro atoms. The number of aromatic nitrogens is 1. The maximum Gasteiger partial charge on any atom is 0.149 e. The van der Waals surface area contributed by atoms with Crippen molar-refractivity contribution < 1.29 is 13.5 Å². The Morgan fingerprint density at radius 3 is 2.44 bits per heavy atom. The van der Waals surface area contributed by atoms with E-state index in [1.165, 1.54) is 12.3 Å². The van der Waals surface area contributed by atoms with Crippen LogP contribution >= 0.6 is 0 Å². The molecule has 3 aromatic rings. The van der Waals surface area contributed by atoms with Gasteiger partial charge in [0.05, 0.1) is 6.20 Å². The first-order valence-electron chi connectivity index (χ1n) is 10.3. The first kappa shape index (κ1) is 20.3. The fourth-order valence-electron chi connectivity index (χ4n) is 4.91. The van der Waals surface area contributed by atoms with Gasteiger partial charge in [-0.15, -0.1) is 0 Å². The molecule has 0 fully saturated rings. The number of nitrogens with two attached hydrogens (primary N) is 1. The van der Waals surface area contributed by atoms with Gasteiger partial charge in [0.25, 0.3) is 0 Å². The van der Waals surface area contributed by atoms with Gasteiger partial charge in [0.1, 0.15) is 28.6 Å². The summed E-state index contributed by atoms with van der Waals surface area (Å²) in [6.45, 7) is 0. The summed E-state index contributed by atoms with van der Waals surface area (Å²) in [4.78, 5) is 8.78. The van der Waals surface area contributed by atoms with Gasteiger partial charge in [0, 0.05) is 36.4 Å². The maximum atomic E-state index is 15.3. The fourth-order valence-corrected chi connectivity index (χ4v) is 4.91. The lowest BCUT2D eigenvalue weighted by Gasteiger charge is -2.46. The Morgan fingerprint density at radius 2 is 1.69 bits per heavy atom. The van der Waals surface area contributed by atoms with Gasteiger partial charge >= 0.3 is 0 Å². The topological polar surface area (TPSA) is 60.5 Å². The summed E-state index contributed by atoms with van der Waals surface area (Å²) in [5.74, 6) is -0.561. The standard InChI is InChI=1S/C26H21F2N3O/c1-32-25(13-6-7-17(15-25)18-8-3-5-11-22(18)27)26(21-12-14-30-16-23(21)28)20-10-4-2-9-19(20)24(29)31-26/h2-14,16H,15H2,1H3,(H2,29,31). The second-order valence-electron chi connectivity index (χ2n) is 7.91. The summed E-state index contributed by atoms with van der Waals surface area (Å²) in [7, 11) is 1.56. The molecule has 1 aliphatic carbocycles. The predicted octanol–water partition coefficient (Wildman–Crippen LogP) is 4.75. The van der Waals surface area contributed by atoms with Crippen LogP contribution in [-0.4, -0.2) is 23.5 Å². The molecular weight excluding hydrogens is 408 g/mol. The highest BCUT2D eigenvalue weighted by Crippen LogP contribution is 2.54. The van der Waals surface area contributed by atoms with Gasteiger partial charge in [0.15, 0.2) is 0 Å². The number of methoxy groups -OCH3 is 1. The van der Waals surface area contributed by atoms with Gasteiger partial charge in [0.2, 0.25) is 0 Å². The zero-order chi connectivity index (χ0) is 22.3. The zero-order valence-corrected chi connectivity index (χ0v) is 17.4. The number of amidine groups is 1. The first-order valence-corrected chi connectivity index (χ1v) is 10.3. The van der Waals surface area contributed by atoms with E-state index in [2.05, 4.69) is 4.98 Å². The van der Waals surface area contributed by atoms with Crippen LogP contribution in [0.15, 0.2) is 90.2 Å². The van der Waals surface area contributed by atoms with Crippen LogP contribution in [0.25, 0.3) is 5.57 Å². The van der Waals surface area contributed by atoms with Gasteiger partial charge in [-0.3, -0.25) is 4.98 Å². The van der Waals surface area contributed by atoms with E-state index in [0.29, 0.717) is 17.0 Å². The number of rotatable bonds is 4. The van der Waals surface area contributed by atoms with Crippen molar-refractivity contribution in [3.63, 3.8) is 0 Å². The number of benzene rings is 2. The van der Waals surface area contributed by atoms with Crippen LogP contribution in [-0.2, 0) is 10.3 Å². The van der Waals surface area contributed by atoms with Crippen molar-refractivity contribution in [1.82, 2.24) is 4.98 Å². The van der Waals surface area contributed by atoms with Crippen LogP contribution in [0.2, 0.25) is 0 Å². The molecule has 2 aliphatic rings. The Bertz CT molecular complexity index is 1300. The number of nitrogens with zero attached hydrogens (tertiary/aromatic N) is 2. The molecule has 1 aliphatic heterocycles. The van der Waals surface area contributed by atoms with E-state index in [9.17, 15) is 4.39 Å². The molecule has 5 rings (SSSR count). The largest absolute Gasteiger partial charge is 0.383 e. The third-order valence-corrected chi connectivity index (χ3v) is 6.36. The Hall–Kier alpha value is -3.64. The second kappa shape index (κ2) is 7.50. The van der Waals surface area contributed by atoms with E-state index in [1.54, 1.807) is 31.4 Å². The molecule has 2 unspecified atom stereocenters. The normalized spacial score (nSPS) is 24.1. The summed E-state index contributed by atoms with van der Waals surface area (Å²) in [6, 6.07) is 15.6. The van der Waals surface area contributed by atoms with Crippen LogP contribution in [0.5, 0.6) is 0 Å². The summed E-state index contributed by atoms with van der Waals surface area (Å²) in [5.41, 5.74) is 6.79. The van der Waals surface area contributed by atoms with Crippen molar-refractivity contribution >= 4 is 11.4 Å². The molecule has 2 heterocycles. The molecule has 2 atom stereocenters. The second-order valence-corrected chi connectivity index (χ2v) is 7.91. The first-order chi connectivity index (χ1) is 15.5. The molecule has 0 radical (unpaired) electrons. The van der Waals surface area contributed by atoms with Gasteiger partial charge in [-0.05, 0) is 29.3 Å². The van der Waals surface area contributed by atoms with Gasteiger partial charge in [-0.25, -0.2) is 13.8 Å². The van der Waals surface area contributed by atoms with Crippen molar-refractivity contribution in [2.24, 2.45) is 10.7 Å². The molecule has 32 heavy (non-hydrogen) atoms. The smallest absolute Gasteiger partial charge is 0.149 e. The summed E-state index contributed by atoms with van der Waals surface area (Å²) < 4.78 is 36.2. The van der Waals surface area contributed by atoms with E-state index in [1.807, 2.05) is 42.5 Å². The molecule has 2 aromatic carbocycles. The fraction of sp³-hybridized carbons (Fsp3) is 0.154. The molecule has 2 N–H and O–H groups in total. The lowest BCUT2D eigenvalue weighted by molar-refractivity contribution is -0.0164. The third-order valence-electron chi connectivity index (χ3n) is 6.36. The summed E-state index contributed by atoms with van der Waals surface area (Å²) in [6.07, 6.45) is 8.45. The molecule has 0 saturated heterocycles. The molecule has 160 valence electrons. The number of allylic oxidation sites excluding steroid dienone is 2. The van der Waals surface area contributed by atoms with Crippen molar-refractivity contribution in [3.05, 3.63) is 119 Å². The van der Waals surface area contributed by atoms with E-state index >= 15 is 4.39 Å². The van der Waals surface area contributed by atoms with Crippen molar-refractivity contribution in [2.45, 2.75) is 17.6 Å². The maximum absolute atomic E-state index is 15.3. The number of aliphatic imine (C=N–C) groups is 1. The van der Waals surface area contributed by atoms with E-state index in [-0.39, 0.29) is 12.2 Å². The average molecular weight is 429 g/mol. The predicted molar refractivity (Wildman–Crippen MR) is 120 cm³/mol. The van der Waals surface area contributed by atoms with Crippen molar-refractivity contribution in [1.29, 1.82) is 0 Å². The Kier molecular flexibility index (Phi) is 4.75. The van der Waals surface area contributed by atoms with Crippen molar-refractivity contribution in [3.8, 4) is 0 Å². The number of ether oxygens (including phenoxy) is 1. The highest BCUT2D eigenvalue weighted by Gasteiger charge is 2.58. The molecule has 1 aromatic heterocycles. The quantitative estimate of drug-likeness (QED) is 0.651. The molecule has 0 amide bonds. The van der Waals surface area contributed by atoms with Gasteiger partial charge < -0.3 is 10.5 Å². The molecule has 6 heteroatoms. The SMILES string of the molecule is COC1(C2(c3ccncc3F)N=C(N)c3ccccc32)C=CC=C(c2ccccc2F)C1. The molecular formula is C26H21F2N3O. The summed E-state index contributed by atoms with van der Waals surface area (Å²) in [5, 5.41) is 0. The molecule has 0 saturated carbocycles. The van der Waals surface area contributed by atoms with Gasteiger partial charge in [-0.1, -0.05) is 54.6 Å².